The number of carbonyl (C=O) groups is 1. The van der Waals surface area contributed by atoms with E-state index < -0.39 is 0 Å². The first kappa shape index (κ1) is 19.3. The number of para-hydroxylation sites is 1. The molecule has 0 spiro atoms. The first-order chi connectivity index (χ1) is 14.1. The SMILES string of the molecule is Cn1c(CCC(=O)N2CC[NH+](Cc3ccccc3)CC2)nc2ccccc2c1=O. The van der Waals surface area contributed by atoms with Crippen LogP contribution in [0.4, 0.5) is 0 Å². The van der Waals surface area contributed by atoms with E-state index in [0.29, 0.717) is 29.6 Å². The third-order valence-electron chi connectivity index (χ3n) is 5.76. The van der Waals surface area contributed by atoms with Crippen molar-refractivity contribution in [3.8, 4) is 0 Å². The van der Waals surface area contributed by atoms with Crippen LogP contribution in [-0.4, -0.2) is 46.5 Å². The molecule has 6 heteroatoms. The molecule has 1 N–H and O–H groups in total. The van der Waals surface area contributed by atoms with Gasteiger partial charge in [-0.3, -0.25) is 14.2 Å². The number of quaternary nitrogens is 1. The molecule has 1 aliphatic heterocycles. The van der Waals surface area contributed by atoms with E-state index in [0.717, 1.165) is 32.7 Å². The van der Waals surface area contributed by atoms with E-state index in [2.05, 4.69) is 29.2 Å². The lowest BCUT2D eigenvalue weighted by molar-refractivity contribution is -0.917. The average Bonchev–Trinajstić information content (AvgIpc) is 2.76. The molecule has 0 saturated carbocycles. The highest BCUT2D eigenvalue weighted by atomic mass is 16.2. The Hall–Kier alpha value is -2.99. The second kappa shape index (κ2) is 8.57. The summed E-state index contributed by atoms with van der Waals surface area (Å²) >= 11 is 0. The summed E-state index contributed by atoms with van der Waals surface area (Å²) in [5.74, 6) is 0.807. The molecule has 0 unspecified atom stereocenters. The van der Waals surface area contributed by atoms with E-state index in [1.54, 1.807) is 17.7 Å². The minimum absolute atomic E-state index is 0.0591. The lowest BCUT2D eigenvalue weighted by atomic mass is 10.2. The van der Waals surface area contributed by atoms with Gasteiger partial charge >= 0.3 is 0 Å². The fourth-order valence-corrected chi connectivity index (χ4v) is 4.00. The molecule has 0 aliphatic carbocycles. The van der Waals surface area contributed by atoms with Crippen LogP contribution in [0.3, 0.4) is 0 Å². The van der Waals surface area contributed by atoms with Gasteiger partial charge in [-0.25, -0.2) is 4.98 Å². The Kier molecular flexibility index (Phi) is 5.71. The van der Waals surface area contributed by atoms with Gasteiger partial charge in [0, 0.05) is 25.5 Å². The maximum atomic E-state index is 12.7. The average molecular weight is 391 g/mol. The zero-order chi connectivity index (χ0) is 20.2. The number of hydrogen-bond donors (Lipinski definition) is 1. The molecule has 1 amide bonds. The van der Waals surface area contributed by atoms with E-state index in [1.807, 2.05) is 29.2 Å². The highest BCUT2D eigenvalue weighted by molar-refractivity contribution is 5.78. The summed E-state index contributed by atoms with van der Waals surface area (Å²) in [7, 11) is 1.73. The van der Waals surface area contributed by atoms with Gasteiger partial charge in [0.15, 0.2) is 0 Å². The summed E-state index contributed by atoms with van der Waals surface area (Å²) in [6.45, 7) is 4.50. The number of amides is 1. The van der Waals surface area contributed by atoms with Gasteiger partial charge < -0.3 is 9.80 Å². The highest BCUT2D eigenvalue weighted by Crippen LogP contribution is 2.09. The van der Waals surface area contributed by atoms with Crippen molar-refractivity contribution in [2.75, 3.05) is 26.2 Å². The second-order valence-corrected chi connectivity index (χ2v) is 7.70. The normalized spacial score (nSPS) is 15.0. The maximum absolute atomic E-state index is 12.7. The van der Waals surface area contributed by atoms with Crippen molar-refractivity contribution in [1.82, 2.24) is 14.5 Å². The fourth-order valence-electron chi connectivity index (χ4n) is 4.00. The summed E-state index contributed by atoms with van der Waals surface area (Å²) in [5, 5.41) is 0.614. The van der Waals surface area contributed by atoms with Gasteiger partial charge in [0.25, 0.3) is 5.56 Å². The van der Waals surface area contributed by atoms with Crippen molar-refractivity contribution in [2.45, 2.75) is 19.4 Å². The topological polar surface area (TPSA) is 59.6 Å². The standard InChI is InChI=1S/C23H26N4O2/c1-25-21(24-20-10-6-5-9-19(20)23(25)29)11-12-22(28)27-15-13-26(14-16-27)17-18-7-3-2-4-8-18/h2-10H,11-17H2,1H3/p+1. The third-order valence-corrected chi connectivity index (χ3v) is 5.76. The van der Waals surface area contributed by atoms with Crippen LogP contribution < -0.4 is 10.5 Å². The Balaban J connectivity index is 1.33. The van der Waals surface area contributed by atoms with Crippen LogP contribution in [0.2, 0.25) is 0 Å². The van der Waals surface area contributed by atoms with E-state index in [4.69, 9.17) is 0 Å². The molecule has 150 valence electrons. The van der Waals surface area contributed by atoms with Gasteiger partial charge in [-0.1, -0.05) is 42.5 Å². The van der Waals surface area contributed by atoms with E-state index in [-0.39, 0.29) is 11.5 Å². The predicted octanol–water partition coefficient (Wildman–Crippen LogP) is 0.793. The number of nitrogens with zero attached hydrogens (tertiary/aromatic N) is 3. The quantitative estimate of drug-likeness (QED) is 0.700. The number of fused-ring (bicyclic) bond motifs is 1. The molecule has 6 nitrogen and oxygen atoms in total. The number of aromatic nitrogens is 2. The molecular weight excluding hydrogens is 364 g/mol. The number of hydrogen-bond acceptors (Lipinski definition) is 3. The number of rotatable bonds is 5. The molecule has 1 aromatic heterocycles. The lowest BCUT2D eigenvalue weighted by Crippen LogP contribution is -3.13. The van der Waals surface area contributed by atoms with Crippen LogP contribution in [0.1, 0.15) is 17.8 Å². The van der Waals surface area contributed by atoms with Gasteiger partial charge in [-0.15, -0.1) is 0 Å². The summed E-state index contributed by atoms with van der Waals surface area (Å²) in [6.07, 6.45) is 0.860. The Morgan fingerprint density at radius 3 is 2.48 bits per heavy atom. The molecule has 1 aliphatic rings. The van der Waals surface area contributed by atoms with Crippen LogP contribution in [0.5, 0.6) is 0 Å². The Labute approximate surface area is 170 Å². The molecule has 0 radical (unpaired) electrons. The molecule has 0 bridgehead atoms. The molecule has 2 aromatic carbocycles. The van der Waals surface area contributed by atoms with E-state index >= 15 is 0 Å². The molecule has 1 saturated heterocycles. The zero-order valence-corrected chi connectivity index (χ0v) is 16.8. The number of benzene rings is 2. The lowest BCUT2D eigenvalue weighted by Gasteiger charge is -2.32. The summed E-state index contributed by atoms with van der Waals surface area (Å²) in [6, 6.07) is 17.8. The van der Waals surface area contributed by atoms with Crippen LogP contribution in [0, 0.1) is 0 Å². The first-order valence-corrected chi connectivity index (χ1v) is 10.2. The number of carbonyl (C=O) groups excluding carboxylic acids is 1. The van der Waals surface area contributed by atoms with E-state index in [9.17, 15) is 9.59 Å². The first-order valence-electron chi connectivity index (χ1n) is 10.2. The van der Waals surface area contributed by atoms with Crippen molar-refractivity contribution in [2.24, 2.45) is 7.05 Å². The summed E-state index contributed by atoms with van der Waals surface area (Å²) in [4.78, 5) is 33.3. The molecule has 0 atom stereocenters. The second-order valence-electron chi connectivity index (χ2n) is 7.70. The fraction of sp³-hybridized carbons (Fsp3) is 0.348. The smallest absolute Gasteiger partial charge is 0.261 e. The van der Waals surface area contributed by atoms with E-state index in [1.165, 1.54) is 10.5 Å². The molecule has 2 heterocycles. The summed E-state index contributed by atoms with van der Waals surface area (Å²) < 4.78 is 1.57. The predicted molar refractivity (Wildman–Crippen MR) is 113 cm³/mol. The van der Waals surface area contributed by atoms with Gasteiger partial charge in [0.2, 0.25) is 5.91 Å². The van der Waals surface area contributed by atoms with Crippen LogP contribution in [0.25, 0.3) is 10.9 Å². The minimum Gasteiger partial charge on any atom is -0.331 e. The molecule has 29 heavy (non-hydrogen) atoms. The molecular formula is C23H27N4O2+. The maximum Gasteiger partial charge on any atom is 0.261 e. The van der Waals surface area contributed by atoms with Crippen LogP contribution in [0.15, 0.2) is 59.4 Å². The number of nitrogens with one attached hydrogen (secondary N) is 1. The van der Waals surface area contributed by atoms with Gasteiger partial charge in [-0.2, -0.15) is 0 Å². The molecule has 1 fully saturated rings. The van der Waals surface area contributed by atoms with Crippen molar-refractivity contribution in [3.63, 3.8) is 0 Å². The Morgan fingerprint density at radius 1 is 1.03 bits per heavy atom. The van der Waals surface area contributed by atoms with Crippen molar-refractivity contribution < 1.29 is 9.69 Å². The minimum atomic E-state index is -0.0591. The monoisotopic (exact) mass is 391 g/mol. The number of aryl methyl sites for hydroxylation is 1. The number of piperazine rings is 1. The van der Waals surface area contributed by atoms with Crippen molar-refractivity contribution in [1.29, 1.82) is 0 Å². The largest absolute Gasteiger partial charge is 0.331 e. The van der Waals surface area contributed by atoms with Crippen molar-refractivity contribution in [3.05, 3.63) is 76.3 Å². The molecule has 4 rings (SSSR count). The van der Waals surface area contributed by atoms with Crippen LogP contribution in [-0.2, 0) is 24.8 Å². The highest BCUT2D eigenvalue weighted by Gasteiger charge is 2.23. The molecule has 3 aromatic rings. The van der Waals surface area contributed by atoms with Crippen molar-refractivity contribution >= 4 is 16.8 Å². The Bertz CT molecular complexity index is 1050. The van der Waals surface area contributed by atoms with Crippen LogP contribution >= 0.6 is 0 Å². The Morgan fingerprint density at radius 2 is 1.72 bits per heavy atom. The van der Waals surface area contributed by atoms with Gasteiger partial charge in [-0.05, 0) is 12.1 Å². The van der Waals surface area contributed by atoms with Gasteiger partial charge in [0.1, 0.15) is 12.4 Å². The zero-order valence-electron chi connectivity index (χ0n) is 16.8. The summed E-state index contributed by atoms with van der Waals surface area (Å²) in [5.41, 5.74) is 1.97. The van der Waals surface area contributed by atoms with Gasteiger partial charge in [0.05, 0.1) is 37.1 Å². The third kappa shape index (κ3) is 4.38.